The summed E-state index contributed by atoms with van der Waals surface area (Å²) in [7, 11) is 2.96. The second-order valence-corrected chi connectivity index (χ2v) is 6.50. The van der Waals surface area contributed by atoms with Gasteiger partial charge in [-0.3, -0.25) is 0 Å². The van der Waals surface area contributed by atoms with Crippen LogP contribution in [0.5, 0.6) is 11.5 Å². The van der Waals surface area contributed by atoms with Crippen LogP contribution in [0.25, 0.3) is 17.2 Å². The van der Waals surface area contributed by atoms with Gasteiger partial charge in [0.15, 0.2) is 17.1 Å². The van der Waals surface area contributed by atoms with E-state index in [-0.39, 0.29) is 10.1 Å². The average molecular weight is 392 g/mol. The van der Waals surface area contributed by atoms with Crippen LogP contribution >= 0.6 is 23.4 Å². The fourth-order valence-electron chi connectivity index (χ4n) is 2.30. The van der Waals surface area contributed by atoms with Crippen LogP contribution in [0.15, 0.2) is 50.9 Å². The summed E-state index contributed by atoms with van der Waals surface area (Å²) in [6.07, 6.45) is 1.47. The maximum Gasteiger partial charge on any atom is 0.342 e. The molecule has 0 radical (unpaired) electrons. The smallest absolute Gasteiger partial charge is 0.342 e. The van der Waals surface area contributed by atoms with Crippen LogP contribution in [-0.2, 0) is 4.79 Å². The highest BCUT2D eigenvalue weighted by Gasteiger charge is 2.16. The van der Waals surface area contributed by atoms with Crippen LogP contribution < -0.4 is 9.47 Å². The van der Waals surface area contributed by atoms with Crippen molar-refractivity contribution in [3.8, 4) is 11.5 Å². The molecule has 0 saturated heterocycles. The minimum absolute atomic E-state index is 0.0276. The van der Waals surface area contributed by atoms with Crippen molar-refractivity contribution in [1.82, 2.24) is 4.98 Å². The first kappa shape index (κ1) is 18.2. The minimum Gasteiger partial charge on any atom is -0.493 e. The molecular formula is C18H14ClNO5S. The summed E-state index contributed by atoms with van der Waals surface area (Å²) in [5.74, 6) is -0.319. The standard InChI is InChI=1S/C18H14ClNO5S/c1-23-14-8-10(7-11(19)16(14)24-2)9-15(17(21)22)26-18-20-12-5-3-4-6-13(12)25-18/h3-9H,1-2H3,(H,21,22)/b15-9+. The van der Waals surface area contributed by atoms with Crippen molar-refractivity contribution in [2.75, 3.05) is 14.2 Å². The van der Waals surface area contributed by atoms with E-state index in [0.717, 1.165) is 11.8 Å². The van der Waals surface area contributed by atoms with Crippen molar-refractivity contribution < 1.29 is 23.8 Å². The molecule has 2 aromatic carbocycles. The largest absolute Gasteiger partial charge is 0.493 e. The Morgan fingerprint density at radius 1 is 1.27 bits per heavy atom. The van der Waals surface area contributed by atoms with E-state index >= 15 is 0 Å². The lowest BCUT2D eigenvalue weighted by molar-refractivity contribution is -0.131. The lowest BCUT2D eigenvalue weighted by atomic mass is 10.2. The molecule has 1 N–H and O–H groups in total. The van der Waals surface area contributed by atoms with E-state index in [9.17, 15) is 9.90 Å². The van der Waals surface area contributed by atoms with Gasteiger partial charge in [-0.05, 0) is 47.7 Å². The van der Waals surface area contributed by atoms with Gasteiger partial charge in [0.05, 0.1) is 19.2 Å². The van der Waals surface area contributed by atoms with E-state index in [1.807, 2.05) is 12.1 Å². The van der Waals surface area contributed by atoms with E-state index in [2.05, 4.69) is 4.98 Å². The van der Waals surface area contributed by atoms with Gasteiger partial charge in [-0.2, -0.15) is 0 Å². The zero-order valence-electron chi connectivity index (χ0n) is 13.9. The number of rotatable bonds is 6. The Morgan fingerprint density at radius 2 is 2.04 bits per heavy atom. The molecule has 0 atom stereocenters. The lowest BCUT2D eigenvalue weighted by Crippen LogP contribution is -1.97. The number of carboxylic acid groups (broad SMARTS) is 1. The number of nitrogens with zero attached hydrogens (tertiary/aromatic N) is 1. The first-order valence-corrected chi connectivity index (χ1v) is 8.61. The Morgan fingerprint density at radius 3 is 2.69 bits per heavy atom. The third-order valence-electron chi connectivity index (χ3n) is 3.44. The lowest BCUT2D eigenvalue weighted by Gasteiger charge is -2.10. The molecule has 0 aliphatic rings. The number of aromatic nitrogens is 1. The molecule has 0 aliphatic heterocycles. The molecule has 0 spiro atoms. The number of benzene rings is 2. The third-order valence-corrected chi connectivity index (χ3v) is 4.58. The van der Waals surface area contributed by atoms with Crippen LogP contribution in [0.4, 0.5) is 0 Å². The summed E-state index contributed by atoms with van der Waals surface area (Å²) < 4.78 is 16.0. The number of carboxylic acids is 1. The normalized spacial score (nSPS) is 11.6. The molecule has 0 aliphatic carbocycles. The minimum atomic E-state index is -1.11. The number of thioether (sulfide) groups is 1. The number of ether oxygens (including phenoxy) is 2. The van der Waals surface area contributed by atoms with E-state index in [1.54, 1.807) is 24.3 Å². The molecular weight excluding hydrogens is 378 g/mol. The highest BCUT2D eigenvalue weighted by atomic mass is 35.5. The van der Waals surface area contributed by atoms with Gasteiger partial charge < -0.3 is 19.0 Å². The van der Waals surface area contributed by atoms with Gasteiger partial charge in [0.2, 0.25) is 0 Å². The van der Waals surface area contributed by atoms with Gasteiger partial charge in [0, 0.05) is 0 Å². The van der Waals surface area contributed by atoms with E-state index in [0.29, 0.717) is 33.2 Å². The number of fused-ring (bicyclic) bond motifs is 1. The van der Waals surface area contributed by atoms with E-state index in [1.165, 1.54) is 20.3 Å². The van der Waals surface area contributed by atoms with Gasteiger partial charge in [-0.25, -0.2) is 9.78 Å². The summed E-state index contributed by atoms with van der Waals surface area (Å²) in [6, 6.07) is 10.4. The summed E-state index contributed by atoms with van der Waals surface area (Å²) in [6.45, 7) is 0. The fourth-order valence-corrected chi connectivity index (χ4v) is 3.34. The van der Waals surface area contributed by atoms with Gasteiger partial charge in [0.25, 0.3) is 5.22 Å². The van der Waals surface area contributed by atoms with Crippen molar-refractivity contribution in [2.45, 2.75) is 5.22 Å². The van der Waals surface area contributed by atoms with E-state index in [4.69, 9.17) is 25.5 Å². The molecule has 1 aromatic heterocycles. The summed E-state index contributed by atoms with van der Waals surface area (Å²) >= 11 is 7.09. The quantitative estimate of drug-likeness (QED) is 0.481. The van der Waals surface area contributed by atoms with Gasteiger partial charge >= 0.3 is 5.97 Å². The van der Waals surface area contributed by atoms with Crippen molar-refractivity contribution >= 4 is 46.5 Å². The number of para-hydroxylation sites is 2. The average Bonchev–Trinajstić information content (AvgIpc) is 3.03. The van der Waals surface area contributed by atoms with Crippen LogP contribution in [0.1, 0.15) is 5.56 Å². The van der Waals surface area contributed by atoms with Crippen LogP contribution in [0.2, 0.25) is 5.02 Å². The maximum atomic E-state index is 11.6. The molecule has 6 nitrogen and oxygen atoms in total. The second-order valence-electron chi connectivity index (χ2n) is 5.10. The Labute approximate surface area is 158 Å². The predicted molar refractivity (Wildman–Crippen MR) is 100 cm³/mol. The zero-order chi connectivity index (χ0) is 18.7. The number of halogens is 1. The topological polar surface area (TPSA) is 81.8 Å². The van der Waals surface area contributed by atoms with Crippen molar-refractivity contribution in [2.24, 2.45) is 0 Å². The van der Waals surface area contributed by atoms with E-state index < -0.39 is 5.97 Å². The van der Waals surface area contributed by atoms with Gasteiger partial charge in [0.1, 0.15) is 10.4 Å². The monoisotopic (exact) mass is 391 g/mol. The molecule has 0 amide bonds. The van der Waals surface area contributed by atoms with Crippen molar-refractivity contribution in [3.05, 3.63) is 51.9 Å². The molecule has 3 rings (SSSR count). The number of carbonyl (C=O) groups is 1. The molecule has 0 fully saturated rings. The molecule has 3 aromatic rings. The Balaban J connectivity index is 1.97. The Hall–Kier alpha value is -2.64. The molecule has 0 unspecified atom stereocenters. The number of methoxy groups -OCH3 is 2. The summed E-state index contributed by atoms with van der Waals surface area (Å²) in [5.41, 5.74) is 1.80. The Bertz CT molecular complexity index is 965. The summed E-state index contributed by atoms with van der Waals surface area (Å²) in [4.78, 5) is 15.9. The van der Waals surface area contributed by atoms with Crippen LogP contribution in [0, 0.1) is 0 Å². The van der Waals surface area contributed by atoms with Gasteiger partial charge in [-0.1, -0.05) is 23.7 Å². The second kappa shape index (κ2) is 7.72. The van der Waals surface area contributed by atoms with Crippen molar-refractivity contribution in [3.63, 3.8) is 0 Å². The molecule has 26 heavy (non-hydrogen) atoms. The fraction of sp³-hybridized carbons (Fsp3) is 0.111. The zero-order valence-corrected chi connectivity index (χ0v) is 15.4. The SMILES string of the molecule is COc1cc(/C=C(/Sc2nc3ccccc3o2)C(=O)O)cc(Cl)c1OC. The predicted octanol–water partition coefficient (Wildman–Crippen LogP) is 4.72. The molecule has 0 bridgehead atoms. The number of hydrogen-bond acceptors (Lipinski definition) is 6. The molecule has 0 saturated carbocycles. The number of hydrogen-bond donors (Lipinski definition) is 1. The highest BCUT2D eigenvalue weighted by molar-refractivity contribution is 8.03. The Kier molecular flexibility index (Phi) is 5.39. The van der Waals surface area contributed by atoms with Crippen molar-refractivity contribution in [1.29, 1.82) is 0 Å². The number of aliphatic carboxylic acids is 1. The van der Waals surface area contributed by atoms with Crippen LogP contribution in [0.3, 0.4) is 0 Å². The first-order valence-electron chi connectivity index (χ1n) is 7.41. The molecule has 1 heterocycles. The first-order chi connectivity index (χ1) is 12.5. The molecule has 8 heteroatoms. The maximum absolute atomic E-state index is 11.6. The summed E-state index contributed by atoms with van der Waals surface area (Å²) in [5, 5.41) is 10.1. The number of oxazole rings is 1. The third kappa shape index (κ3) is 3.79. The van der Waals surface area contributed by atoms with Gasteiger partial charge in [-0.15, -0.1) is 0 Å². The molecule has 134 valence electrons. The van der Waals surface area contributed by atoms with Crippen LogP contribution in [-0.4, -0.2) is 30.3 Å². The highest BCUT2D eigenvalue weighted by Crippen LogP contribution is 2.38.